The molecule has 0 aliphatic heterocycles. The van der Waals surface area contributed by atoms with Crippen LogP contribution >= 0.6 is 22.7 Å². The molecule has 0 fully saturated rings. The molecule has 9 heteroatoms. The van der Waals surface area contributed by atoms with Crippen molar-refractivity contribution in [3.63, 3.8) is 0 Å². The molecule has 1 N–H and O–H groups in total. The number of aryl methyl sites for hydroxylation is 3. The summed E-state index contributed by atoms with van der Waals surface area (Å²) in [5, 5.41) is 4.42. The lowest BCUT2D eigenvalue weighted by molar-refractivity contribution is 0.103. The summed E-state index contributed by atoms with van der Waals surface area (Å²) in [6.45, 7) is 2.18. The van der Waals surface area contributed by atoms with Gasteiger partial charge in [0.2, 0.25) is 5.88 Å². The van der Waals surface area contributed by atoms with Gasteiger partial charge in [0.1, 0.15) is 11.4 Å². The van der Waals surface area contributed by atoms with Crippen LogP contribution in [0.3, 0.4) is 0 Å². The summed E-state index contributed by atoms with van der Waals surface area (Å²) >= 11 is 2.93. The van der Waals surface area contributed by atoms with Gasteiger partial charge in [0, 0.05) is 12.0 Å². The first kappa shape index (κ1) is 19.2. The molecule has 1 amide bonds. The fourth-order valence-electron chi connectivity index (χ4n) is 3.44. The fraction of sp³-hybridized carbons (Fsp3) is 0.474. The Hall–Kier alpha value is -2.10. The van der Waals surface area contributed by atoms with Crippen LogP contribution < -0.4 is 10.1 Å². The highest BCUT2D eigenvalue weighted by Gasteiger charge is 2.23. The van der Waals surface area contributed by atoms with Gasteiger partial charge in [-0.2, -0.15) is 4.98 Å². The number of anilines is 1. The van der Waals surface area contributed by atoms with Crippen molar-refractivity contribution >= 4 is 43.9 Å². The number of nitrogens with one attached hydrogen (secondary N) is 1. The second-order valence-corrected chi connectivity index (χ2v) is 8.80. The van der Waals surface area contributed by atoms with Gasteiger partial charge < -0.3 is 9.47 Å². The van der Waals surface area contributed by atoms with E-state index in [-0.39, 0.29) is 12.5 Å². The van der Waals surface area contributed by atoms with Crippen LogP contribution in [-0.4, -0.2) is 35.1 Å². The maximum absolute atomic E-state index is 12.9. The third kappa shape index (κ3) is 3.61. The van der Waals surface area contributed by atoms with E-state index in [9.17, 15) is 4.79 Å². The summed E-state index contributed by atoms with van der Waals surface area (Å²) in [7, 11) is 3.16. The second kappa shape index (κ2) is 8.10. The quantitative estimate of drug-likeness (QED) is 0.627. The predicted octanol–water partition coefficient (Wildman–Crippen LogP) is 4.13. The first-order chi connectivity index (χ1) is 13.6. The maximum atomic E-state index is 12.9. The third-order valence-electron chi connectivity index (χ3n) is 4.79. The summed E-state index contributed by atoms with van der Waals surface area (Å²) in [6, 6.07) is 0. The number of carbonyl (C=O) groups excluding carboxylic acids is 1. The van der Waals surface area contributed by atoms with Crippen molar-refractivity contribution in [1.29, 1.82) is 0 Å². The SMILES string of the molecule is COCc1nc(OC)c2c(C)c(C(=O)Nc3nc4c(s3)CCCCC4)sc2n1. The Morgan fingerprint density at radius 1 is 1.11 bits per heavy atom. The van der Waals surface area contributed by atoms with Crippen LogP contribution in [-0.2, 0) is 24.2 Å². The lowest BCUT2D eigenvalue weighted by Gasteiger charge is -2.05. The Bertz CT molecular complexity index is 1000. The van der Waals surface area contributed by atoms with Gasteiger partial charge in [0.25, 0.3) is 5.91 Å². The van der Waals surface area contributed by atoms with E-state index >= 15 is 0 Å². The average molecular weight is 419 g/mol. The molecule has 0 atom stereocenters. The van der Waals surface area contributed by atoms with Crippen molar-refractivity contribution in [2.75, 3.05) is 19.5 Å². The minimum atomic E-state index is -0.167. The van der Waals surface area contributed by atoms with E-state index in [1.54, 1.807) is 25.6 Å². The minimum absolute atomic E-state index is 0.167. The van der Waals surface area contributed by atoms with Gasteiger partial charge in [-0.05, 0) is 38.2 Å². The van der Waals surface area contributed by atoms with Crippen LogP contribution in [0.4, 0.5) is 5.13 Å². The summed E-state index contributed by atoms with van der Waals surface area (Å²) in [5.41, 5.74) is 1.96. The predicted molar refractivity (Wildman–Crippen MR) is 111 cm³/mol. The molecule has 1 aliphatic rings. The first-order valence-corrected chi connectivity index (χ1v) is 10.9. The molecular formula is C19H22N4O3S2. The van der Waals surface area contributed by atoms with E-state index in [1.807, 2.05) is 6.92 Å². The van der Waals surface area contributed by atoms with Gasteiger partial charge in [-0.15, -0.1) is 22.7 Å². The van der Waals surface area contributed by atoms with Crippen molar-refractivity contribution in [3.8, 4) is 5.88 Å². The highest BCUT2D eigenvalue weighted by atomic mass is 32.1. The maximum Gasteiger partial charge on any atom is 0.267 e. The number of nitrogens with zero attached hydrogens (tertiary/aromatic N) is 3. The van der Waals surface area contributed by atoms with Gasteiger partial charge in [-0.25, -0.2) is 9.97 Å². The highest BCUT2D eigenvalue weighted by molar-refractivity contribution is 7.21. The lowest BCUT2D eigenvalue weighted by Crippen LogP contribution is -2.11. The van der Waals surface area contributed by atoms with Crippen molar-refractivity contribution in [3.05, 3.63) is 26.8 Å². The van der Waals surface area contributed by atoms with Crippen LogP contribution in [0.1, 0.15) is 50.9 Å². The highest BCUT2D eigenvalue weighted by Crippen LogP contribution is 2.36. The van der Waals surface area contributed by atoms with E-state index < -0.39 is 0 Å². The molecule has 0 unspecified atom stereocenters. The van der Waals surface area contributed by atoms with E-state index in [0.29, 0.717) is 21.7 Å². The first-order valence-electron chi connectivity index (χ1n) is 9.23. The topological polar surface area (TPSA) is 86.2 Å². The zero-order valence-corrected chi connectivity index (χ0v) is 17.8. The van der Waals surface area contributed by atoms with Gasteiger partial charge in [-0.1, -0.05) is 6.42 Å². The molecule has 148 valence electrons. The number of ether oxygens (including phenoxy) is 2. The van der Waals surface area contributed by atoms with Crippen LogP contribution in [0, 0.1) is 6.92 Å². The molecule has 28 heavy (non-hydrogen) atoms. The van der Waals surface area contributed by atoms with E-state index in [0.717, 1.165) is 34.3 Å². The Balaban J connectivity index is 1.65. The number of rotatable bonds is 5. The number of hydrogen-bond acceptors (Lipinski definition) is 8. The summed E-state index contributed by atoms with van der Waals surface area (Å²) in [4.78, 5) is 29.1. The summed E-state index contributed by atoms with van der Waals surface area (Å²) in [6.07, 6.45) is 5.67. The van der Waals surface area contributed by atoms with E-state index in [2.05, 4.69) is 20.3 Å². The molecule has 3 heterocycles. The number of hydrogen-bond donors (Lipinski definition) is 1. The molecule has 0 radical (unpaired) electrons. The second-order valence-electron chi connectivity index (χ2n) is 6.72. The van der Waals surface area contributed by atoms with Gasteiger partial charge in [0.05, 0.1) is 23.1 Å². The number of carbonyl (C=O) groups is 1. The van der Waals surface area contributed by atoms with E-state index in [1.165, 1.54) is 35.5 Å². The number of thiophene rings is 1. The molecular weight excluding hydrogens is 396 g/mol. The zero-order chi connectivity index (χ0) is 19.7. The number of aromatic nitrogens is 3. The molecule has 3 aromatic rings. The van der Waals surface area contributed by atoms with Crippen molar-refractivity contribution < 1.29 is 14.3 Å². The number of methoxy groups -OCH3 is 2. The van der Waals surface area contributed by atoms with Crippen LogP contribution in [0.15, 0.2) is 0 Å². The zero-order valence-electron chi connectivity index (χ0n) is 16.1. The molecule has 7 nitrogen and oxygen atoms in total. The number of thiazole rings is 1. The molecule has 0 spiro atoms. The average Bonchev–Trinajstić information content (AvgIpc) is 3.14. The lowest BCUT2D eigenvalue weighted by atomic mass is 10.2. The molecule has 4 rings (SSSR count). The summed E-state index contributed by atoms with van der Waals surface area (Å²) < 4.78 is 10.6. The monoisotopic (exact) mass is 418 g/mol. The largest absolute Gasteiger partial charge is 0.480 e. The van der Waals surface area contributed by atoms with Gasteiger partial charge >= 0.3 is 0 Å². The summed E-state index contributed by atoms with van der Waals surface area (Å²) in [5.74, 6) is 0.828. The van der Waals surface area contributed by atoms with Crippen molar-refractivity contribution in [2.45, 2.75) is 45.6 Å². The number of fused-ring (bicyclic) bond motifs is 2. The third-order valence-corrected chi connectivity index (χ3v) is 7.05. The van der Waals surface area contributed by atoms with Crippen molar-refractivity contribution in [1.82, 2.24) is 15.0 Å². The van der Waals surface area contributed by atoms with Gasteiger partial charge in [0.15, 0.2) is 11.0 Å². The van der Waals surface area contributed by atoms with Crippen molar-refractivity contribution in [2.24, 2.45) is 0 Å². The van der Waals surface area contributed by atoms with Gasteiger partial charge in [-0.3, -0.25) is 10.1 Å². The smallest absolute Gasteiger partial charge is 0.267 e. The standard InChI is InChI=1S/C19H22N4O3S2/c1-10-14-17(26-3)21-13(9-25-2)22-18(14)28-15(10)16(24)23-19-20-11-7-5-4-6-8-12(11)27-19/h4-9H2,1-3H3,(H,20,23,24). The van der Waals surface area contributed by atoms with Crippen LogP contribution in [0.2, 0.25) is 0 Å². The minimum Gasteiger partial charge on any atom is -0.480 e. The normalized spacial score (nSPS) is 14.0. The molecule has 0 saturated heterocycles. The van der Waals surface area contributed by atoms with Crippen LogP contribution in [0.5, 0.6) is 5.88 Å². The molecule has 0 aromatic carbocycles. The molecule has 1 aliphatic carbocycles. The Kier molecular flexibility index (Phi) is 5.56. The number of amides is 1. The van der Waals surface area contributed by atoms with Crippen LogP contribution in [0.25, 0.3) is 10.2 Å². The molecule has 0 bridgehead atoms. The van der Waals surface area contributed by atoms with E-state index in [4.69, 9.17) is 9.47 Å². The Labute approximate surface area is 171 Å². The Morgan fingerprint density at radius 2 is 1.93 bits per heavy atom. The fourth-order valence-corrected chi connectivity index (χ4v) is 5.57. The molecule has 0 saturated carbocycles. The molecule has 3 aromatic heterocycles. The Morgan fingerprint density at radius 3 is 2.71 bits per heavy atom.